The molecule has 0 aliphatic carbocycles. The summed E-state index contributed by atoms with van der Waals surface area (Å²) in [4.78, 5) is 12.0. The Bertz CT molecular complexity index is 637. The van der Waals surface area contributed by atoms with Crippen molar-refractivity contribution >= 4 is 14.2 Å². The topological polar surface area (TPSA) is 38.3 Å². The largest absolute Gasteiger partial charge is 0.413 e. The molecule has 1 fully saturated rings. The first-order valence-corrected chi connectivity index (χ1v) is 11.5. The van der Waals surface area contributed by atoms with Crippen molar-refractivity contribution < 1.29 is 9.22 Å². The molecule has 0 bridgehead atoms. The summed E-state index contributed by atoms with van der Waals surface area (Å²) < 4.78 is 6.40. The molecule has 1 aromatic rings. The lowest BCUT2D eigenvalue weighted by Gasteiger charge is -2.45. The van der Waals surface area contributed by atoms with Crippen molar-refractivity contribution in [3.05, 3.63) is 35.9 Å². The maximum Gasteiger partial charge on any atom is 0.228 e. The van der Waals surface area contributed by atoms with E-state index in [1.54, 1.807) is 0 Å². The van der Waals surface area contributed by atoms with Crippen LogP contribution in [-0.2, 0) is 9.22 Å². The Morgan fingerprint density at radius 1 is 1.25 bits per heavy atom. The van der Waals surface area contributed by atoms with Crippen LogP contribution in [0.4, 0.5) is 0 Å². The summed E-state index contributed by atoms with van der Waals surface area (Å²) in [7, 11) is -1.87. The molecule has 0 radical (unpaired) electrons. The summed E-state index contributed by atoms with van der Waals surface area (Å²) in [5.74, 6) is 6.35. The molecule has 1 heterocycles. The van der Waals surface area contributed by atoms with Gasteiger partial charge in [-0.25, -0.2) is 0 Å². The maximum absolute atomic E-state index is 12.0. The lowest BCUT2D eigenvalue weighted by molar-refractivity contribution is -0.139. The van der Waals surface area contributed by atoms with Gasteiger partial charge in [0.1, 0.15) is 0 Å². The second-order valence-corrected chi connectivity index (χ2v) is 12.9. The van der Waals surface area contributed by atoms with Crippen LogP contribution in [0, 0.1) is 17.8 Å². The lowest BCUT2D eigenvalue weighted by Crippen LogP contribution is -2.63. The molecular formula is C20H29NO2Si. The van der Waals surface area contributed by atoms with Crippen molar-refractivity contribution in [2.45, 2.75) is 64.4 Å². The average Bonchev–Trinajstić information content (AvgIpc) is 2.45. The van der Waals surface area contributed by atoms with Gasteiger partial charge in [-0.05, 0) is 37.2 Å². The number of β-lactam (4-membered cyclic amide) rings is 1. The van der Waals surface area contributed by atoms with Crippen LogP contribution in [0.5, 0.6) is 0 Å². The number of benzene rings is 1. The zero-order valence-corrected chi connectivity index (χ0v) is 16.6. The molecule has 0 aromatic heterocycles. The minimum Gasteiger partial charge on any atom is -0.413 e. The molecule has 1 aliphatic heterocycles. The molecule has 24 heavy (non-hydrogen) atoms. The van der Waals surface area contributed by atoms with Crippen LogP contribution in [-0.4, -0.2) is 26.4 Å². The molecule has 3 nitrogen and oxygen atoms in total. The van der Waals surface area contributed by atoms with Gasteiger partial charge in [-0.2, -0.15) is 0 Å². The number of amides is 1. The first kappa shape index (κ1) is 18.8. The second-order valence-electron chi connectivity index (χ2n) is 8.10. The molecular weight excluding hydrogens is 314 g/mol. The van der Waals surface area contributed by atoms with E-state index >= 15 is 0 Å². The molecule has 0 unspecified atom stereocenters. The Kier molecular flexibility index (Phi) is 5.57. The Hall–Kier alpha value is -1.57. The standard InChI is InChI=1S/C20H29NO2Si/c1-15(23-24(5,6)20(2,3)4)18-17(21-19(18)22)14-10-13-16-11-8-7-9-12-16/h7-9,11-12,15,17-18H,14H2,1-6H3,(H,21,22)/t15-,17-,18-/m1/s1. The molecule has 0 saturated carbocycles. The van der Waals surface area contributed by atoms with Gasteiger partial charge in [0, 0.05) is 12.0 Å². The summed E-state index contributed by atoms with van der Waals surface area (Å²) in [5, 5.41) is 3.12. The predicted octanol–water partition coefficient (Wildman–Crippen LogP) is 3.95. The molecule has 2 rings (SSSR count). The Morgan fingerprint density at radius 2 is 1.88 bits per heavy atom. The molecule has 1 aliphatic rings. The lowest BCUT2D eigenvalue weighted by atomic mass is 9.84. The van der Waals surface area contributed by atoms with Crippen molar-refractivity contribution in [2.24, 2.45) is 5.92 Å². The van der Waals surface area contributed by atoms with Crippen LogP contribution < -0.4 is 5.32 Å². The first-order chi connectivity index (χ1) is 11.1. The minimum absolute atomic E-state index is 0.0665. The zero-order chi connectivity index (χ0) is 18.0. The summed E-state index contributed by atoms with van der Waals surface area (Å²) >= 11 is 0. The van der Waals surface area contributed by atoms with Crippen LogP contribution in [0.1, 0.15) is 39.7 Å². The van der Waals surface area contributed by atoms with E-state index in [9.17, 15) is 4.79 Å². The molecule has 1 aromatic carbocycles. The monoisotopic (exact) mass is 343 g/mol. The van der Waals surface area contributed by atoms with E-state index in [1.165, 1.54) is 0 Å². The molecule has 1 saturated heterocycles. The average molecular weight is 344 g/mol. The number of carbonyl (C=O) groups excluding carboxylic acids is 1. The van der Waals surface area contributed by atoms with Crippen LogP contribution in [0.2, 0.25) is 18.1 Å². The normalized spacial score (nSPS) is 22.0. The third kappa shape index (κ3) is 4.28. The highest BCUT2D eigenvalue weighted by Crippen LogP contribution is 2.39. The van der Waals surface area contributed by atoms with Crippen molar-refractivity contribution in [1.82, 2.24) is 5.32 Å². The van der Waals surface area contributed by atoms with Gasteiger partial charge in [0.15, 0.2) is 8.32 Å². The number of nitrogens with one attached hydrogen (secondary N) is 1. The SMILES string of the molecule is C[C@@H](O[Si](C)(C)C(C)(C)C)[C@H]1C(=O)N[C@@H]1CC#Cc1ccccc1. The highest BCUT2D eigenvalue weighted by Gasteiger charge is 2.46. The Morgan fingerprint density at radius 3 is 2.42 bits per heavy atom. The maximum atomic E-state index is 12.0. The van der Waals surface area contributed by atoms with Crippen molar-refractivity contribution in [3.63, 3.8) is 0 Å². The van der Waals surface area contributed by atoms with E-state index in [0.29, 0.717) is 6.42 Å². The van der Waals surface area contributed by atoms with E-state index in [4.69, 9.17) is 4.43 Å². The van der Waals surface area contributed by atoms with Crippen molar-refractivity contribution in [1.29, 1.82) is 0 Å². The second kappa shape index (κ2) is 7.12. The van der Waals surface area contributed by atoms with Crippen molar-refractivity contribution in [3.8, 4) is 11.8 Å². The number of hydrogen-bond donors (Lipinski definition) is 1. The molecule has 130 valence electrons. The zero-order valence-electron chi connectivity index (χ0n) is 15.6. The van der Waals surface area contributed by atoms with Crippen LogP contribution in [0.3, 0.4) is 0 Å². The summed E-state index contributed by atoms with van der Waals surface area (Å²) in [5.41, 5.74) is 1.00. The smallest absolute Gasteiger partial charge is 0.228 e. The van der Waals surface area contributed by atoms with Crippen molar-refractivity contribution in [2.75, 3.05) is 0 Å². The van der Waals surface area contributed by atoms with Gasteiger partial charge < -0.3 is 9.74 Å². The van der Waals surface area contributed by atoms with Gasteiger partial charge in [0.25, 0.3) is 0 Å². The fourth-order valence-electron chi connectivity index (χ4n) is 2.67. The molecule has 3 atom stereocenters. The first-order valence-electron chi connectivity index (χ1n) is 8.64. The Labute approximate surface area is 147 Å². The van der Waals surface area contributed by atoms with E-state index in [2.05, 4.69) is 51.0 Å². The Balaban J connectivity index is 1.97. The van der Waals surface area contributed by atoms with Crippen LogP contribution in [0.15, 0.2) is 30.3 Å². The van der Waals surface area contributed by atoms with Gasteiger partial charge in [0.2, 0.25) is 5.91 Å². The number of rotatable bonds is 4. The van der Waals surface area contributed by atoms with Gasteiger partial charge in [-0.15, -0.1) is 0 Å². The molecule has 1 amide bonds. The third-order valence-electron chi connectivity index (χ3n) is 5.18. The summed E-state index contributed by atoms with van der Waals surface area (Å²) in [6, 6.07) is 10.0. The summed E-state index contributed by atoms with van der Waals surface area (Å²) in [6.45, 7) is 13.1. The highest BCUT2D eigenvalue weighted by molar-refractivity contribution is 6.74. The molecule has 1 N–H and O–H groups in total. The highest BCUT2D eigenvalue weighted by atomic mass is 28.4. The van der Waals surface area contributed by atoms with E-state index in [1.807, 2.05) is 37.3 Å². The molecule has 4 heteroatoms. The summed E-state index contributed by atoms with van der Waals surface area (Å²) in [6.07, 6.45) is 0.597. The molecule has 0 spiro atoms. The fraction of sp³-hybridized carbons (Fsp3) is 0.550. The van der Waals surface area contributed by atoms with E-state index in [-0.39, 0.29) is 29.0 Å². The van der Waals surface area contributed by atoms with Crippen LogP contribution in [0.25, 0.3) is 0 Å². The van der Waals surface area contributed by atoms with Crippen LogP contribution >= 0.6 is 0 Å². The van der Waals surface area contributed by atoms with Gasteiger partial charge >= 0.3 is 0 Å². The fourth-order valence-corrected chi connectivity index (χ4v) is 4.10. The third-order valence-corrected chi connectivity index (χ3v) is 9.76. The quantitative estimate of drug-likeness (QED) is 0.511. The van der Waals surface area contributed by atoms with Gasteiger partial charge in [-0.3, -0.25) is 4.79 Å². The minimum atomic E-state index is -1.87. The van der Waals surface area contributed by atoms with E-state index < -0.39 is 8.32 Å². The van der Waals surface area contributed by atoms with Gasteiger partial charge in [0.05, 0.1) is 18.1 Å². The van der Waals surface area contributed by atoms with Gasteiger partial charge in [-0.1, -0.05) is 50.8 Å². The number of carbonyl (C=O) groups is 1. The van der Waals surface area contributed by atoms with E-state index in [0.717, 1.165) is 5.56 Å². The predicted molar refractivity (Wildman–Crippen MR) is 101 cm³/mol. The number of hydrogen-bond acceptors (Lipinski definition) is 2.